The second-order valence-corrected chi connectivity index (χ2v) is 7.00. The molecule has 6 nitrogen and oxygen atoms in total. The zero-order valence-corrected chi connectivity index (χ0v) is 13.5. The maximum absolute atomic E-state index is 11.4. The third kappa shape index (κ3) is 2.00. The van der Waals surface area contributed by atoms with Crippen molar-refractivity contribution in [2.75, 3.05) is 12.3 Å². The molecule has 122 valence electrons. The molecular formula is C17H22N4O2. The minimum atomic E-state index is -0.779. The van der Waals surface area contributed by atoms with E-state index in [1.165, 1.54) is 5.56 Å². The van der Waals surface area contributed by atoms with Crippen LogP contribution in [0.4, 0.5) is 10.5 Å². The summed E-state index contributed by atoms with van der Waals surface area (Å²) < 4.78 is 2.06. The normalized spacial score (nSPS) is 26.9. The van der Waals surface area contributed by atoms with Gasteiger partial charge in [0.05, 0.1) is 11.9 Å². The summed E-state index contributed by atoms with van der Waals surface area (Å²) >= 11 is 0. The fourth-order valence-corrected chi connectivity index (χ4v) is 4.56. The third-order valence-corrected chi connectivity index (χ3v) is 5.80. The quantitative estimate of drug-likeness (QED) is 0.847. The van der Waals surface area contributed by atoms with Gasteiger partial charge in [0.1, 0.15) is 5.65 Å². The van der Waals surface area contributed by atoms with Crippen molar-refractivity contribution >= 4 is 22.8 Å². The topological polar surface area (TPSA) is 84.4 Å². The largest absolute Gasteiger partial charge is 0.465 e. The van der Waals surface area contributed by atoms with Crippen molar-refractivity contribution in [2.24, 2.45) is 13.0 Å². The number of aryl methyl sites for hydroxylation is 2. The van der Waals surface area contributed by atoms with Gasteiger partial charge in [-0.2, -0.15) is 0 Å². The first-order valence-corrected chi connectivity index (χ1v) is 8.17. The molecule has 3 atom stereocenters. The van der Waals surface area contributed by atoms with Crippen LogP contribution in [-0.4, -0.2) is 38.2 Å². The number of pyridine rings is 1. The molecule has 4 heterocycles. The van der Waals surface area contributed by atoms with E-state index in [2.05, 4.69) is 15.7 Å². The lowest BCUT2D eigenvalue weighted by molar-refractivity contribution is 0.0358. The van der Waals surface area contributed by atoms with Crippen LogP contribution in [0.2, 0.25) is 0 Å². The standard InChI is InChI=1S/C17H22N4O2/c1-9-14(18)6-19-16-15(9)13(8-20(16)2)12-5-11-4-3-10(12)7-21(11)17(22)23/h6,8,10-12H,3-5,7,18H2,1-2H3,(H,22,23). The predicted molar refractivity (Wildman–Crippen MR) is 88.5 cm³/mol. The molecule has 1 aliphatic carbocycles. The average Bonchev–Trinajstić information content (AvgIpc) is 2.88. The van der Waals surface area contributed by atoms with Crippen LogP contribution in [0.5, 0.6) is 0 Å². The first-order chi connectivity index (χ1) is 11.0. The van der Waals surface area contributed by atoms with Crippen LogP contribution in [-0.2, 0) is 7.05 Å². The second kappa shape index (κ2) is 4.88. The van der Waals surface area contributed by atoms with Crippen molar-refractivity contribution in [3.63, 3.8) is 0 Å². The van der Waals surface area contributed by atoms with E-state index in [4.69, 9.17) is 5.73 Å². The summed E-state index contributed by atoms with van der Waals surface area (Å²) in [5.74, 6) is 0.790. The van der Waals surface area contributed by atoms with Crippen molar-refractivity contribution in [3.8, 4) is 0 Å². The van der Waals surface area contributed by atoms with Crippen LogP contribution in [0, 0.1) is 12.8 Å². The van der Waals surface area contributed by atoms with Gasteiger partial charge in [-0.25, -0.2) is 9.78 Å². The molecule has 2 bridgehead atoms. The predicted octanol–water partition coefficient (Wildman–Crippen LogP) is 2.71. The van der Waals surface area contributed by atoms with Gasteiger partial charge in [0, 0.05) is 31.2 Å². The SMILES string of the molecule is Cc1c(N)cnc2c1c(C1CC3CCC1CN3C(=O)O)cn2C. The highest BCUT2D eigenvalue weighted by molar-refractivity contribution is 5.88. The van der Waals surface area contributed by atoms with Crippen LogP contribution in [0.25, 0.3) is 11.0 Å². The number of carbonyl (C=O) groups is 1. The highest BCUT2D eigenvalue weighted by Crippen LogP contribution is 2.47. The first-order valence-electron chi connectivity index (χ1n) is 8.17. The van der Waals surface area contributed by atoms with Crippen molar-refractivity contribution in [2.45, 2.75) is 38.1 Å². The maximum Gasteiger partial charge on any atom is 0.407 e. The van der Waals surface area contributed by atoms with Gasteiger partial charge < -0.3 is 20.3 Å². The molecule has 23 heavy (non-hydrogen) atoms. The number of hydrogen-bond donors (Lipinski definition) is 2. The molecule has 2 aromatic rings. The van der Waals surface area contributed by atoms with E-state index >= 15 is 0 Å². The molecule has 1 amide bonds. The Labute approximate surface area is 134 Å². The van der Waals surface area contributed by atoms with Gasteiger partial charge in [-0.3, -0.25) is 0 Å². The molecule has 1 saturated carbocycles. The number of rotatable bonds is 1. The second-order valence-electron chi connectivity index (χ2n) is 7.00. The van der Waals surface area contributed by atoms with Crippen LogP contribution < -0.4 is 5.73 Å². The fraction of sp³-hybridized carbons (Fsp3) is 0.529. The molecule has 5 rings (SSSR count). The Morgan fingerprint density at radius 2 is 2.22 bits per heavy atom. The monoisotopic (exact) mass is 314 g/mol. The molecule has 3 N–H and O–H groups in total. The Hall–Kier alpha value is -2.24. The van der Waals surface area contributed by atoms with E-state index in [1.54, 1.807) is 11.1 Å². The lowest BCUT2D eigenvalue weighted by atomic mass is 9.69. The van der Waals surface area contributed by atoms with E-state index in [0.717, 1.165) is 41.5 Å². The van der Waals surface area contributed by atoms with E-state index in [1.807, 2.05) is 14.0 Å². The highest BCUT2D eigenvalue weighted by Gasteiger charge is 2.43. The molecule has 2 aromatic heterocycles. The number of anilines is 1. The summed E-state index contributed by atoms with van der Waals surface area (Å²) in [7, 11) is 2.01. The first kappa shape index (κ1) is 14.4. The zero-order valence-electron chi connectivity index (χ0n) is 13.5. The number of fused-ring (bicyclic) bond motifs is 4. The summed E-state index contributed by atoms with van der Waals surface area (Å²) in [6.45, 7) is 2.70. The van der Waals surface area contributed by atoms with Crippen LogP contribution >= 0.6 is 0 Å². The lowest BCUT2D eigenvalue weighted by Gasteiger charge is -2.48. The lowest BCUT2D eigenvalue weighted by Crippen LogP contribution is -2.53. The molecule has 0 spiro atoms. The fourth-order valence-electron chi connectivity index (χ4n) is 4.56. The Kier molecular flexibility index (Phi) is 3.04. The Morgan fingerprint density at radius 1 is 1.43 bits per heavy atom. The van der Waals surface area contributed by atoms with E-state index in [0.29, 0.717) is 18.4 Å². The van der Waals surface area contributed by atoms with Crippen LogP contribution in [0.1, 0.15) is 36.3 Å². The minimum absolute atomic E-state index is 0.145. The molecule has 3 aliphatic rings. The molecular weight excluding hydrogens is 292 g/mol. The van der Waals surface area contributed by atoms with Gasteiger partial charge in [-0.1, -0.05) is 0 Å². The Bertz CT molecular complexity index is 797. The smallest absolute Gasteiger partial charge is 0.407 e. The number of amides is 1. The Morgan fingerprint density at radius 3 is 2.87 bits per heavy atom. The number of nitrogens with two attached hydrogens (primary N) is 1. The van der Waals surface area contributed by atoms with Gasteiger partial charge >= 0.3 is 6.09 Å². The van der Waals surface area contributed by atoms with Gasteiger partial charge in [0.15, 0.2) is 0 Å². The molecule has 2 saturated heterocycles. The highest BCUT2D eigenvalue weighted by atomic mass is 16.4. The van der Waals surface area contributed by atoms with Gasteiger partial charge in [-0.15, -0.1) is 0 Å². The molecule has 6 heteroatoms. The number of aromatic nitrogens is 2. The van der Waals surface area contributed by atoms with E-state index in [-0.39, 0.29) is 6.04 Å². The molecule has 3 fully saturated rings. The number of hydrogen-bond acceptors (Lipinski definition) is 3. The summed E-state index contributed by atoms with van der Waals surface area (Å²) in [4.78, 5) is 17.5. The van der Waals surface area contributed by atoms with Gasteiger partial charge in [0.2, 0.25) is 0 Å². The molecule has 0 aromatic carbocycles. The minimum Gasteiger partial charge on any atom is -0.465 e. The summed E-state index contributed by atoms with van der Waals surface area (Å²) in [6.07, 6.45) is 6.10. The average molecular weight is 314 g/mol. The van der Waals surface area contributed by atoms with Crippen molar-refractivity contribution in [1.29, 1.82) is 0 Å². The Balaban J connectivity index is 1.79. The number of nitrogens with zero attached hydrogens (tertiary/aromatic N) is 3. The number of nitrogen functional groups attached to an aromatic ring is 1. The van der Waals surface area contributed by atoms with Crippen molar-refractivity contribution in [3.05, 3.63) is 23.5 Å². The summed E-state index contributed by atoms with van der Waals surface area (Å²) in [5, 5.41) is 10.5. The van der Waals surface area contributed by atoms with Gasteiger partial charge in [0.25, 0.3) is 0 Å². The van der Waals surface area contributed by atoms with E-state index in [9.17, 15) is 9.90 Å². The maximum atomic E-state index is 11.4. The molecule has 2 aliphatic heterocycles. The van der Waals surface area contributed by atoms with Gasteiger partial charge in [-0.05, 0) is 49.1 Å². The molecule has 3 unspecified atom stereocenters. The summed E-state index contributed by atoms with van der Waals surface area (Å²) in [5.41, 5.74) is 10.1. The van der Waals surface area contributed by atoms with E-state index < -0.39 is 6.09 Å². The summed E-state index contributed by atoms with van der Waals surface area (Å²) in [6, 6.07) is 0.145. The molecule has 0 radical (unpaired) electrons. The van der Waals surface area contributed by atoms with Crippen molar-refractivity contribution in [1.82, 2.24) is 14.5 Å². The zero-order chi connectivity index (χ0) is 16.3. The van der Waals surface area contributed by atoms with Crippen molar-refractivity contribution < 1.29 is 9.90 Å². The van der Waals surface area contributed by atoms with Crippen LogP contribution in [0.15, 0.2) is 12.4 Å². The third-order valence-electron chi connectivity index (χ3n) is 5.80. The number of carboxylic acid groups (broad SMARTS) is 1. The number of piperidine rings is 2. The van der Waals surface area contributed by atoms with Crippen LogP contribution in [0.3, 0.4) is 0 Å².